The van der Waals surface area contributed by atoms with Crippen LogP contribution in [0, 0.1) is 17.0 Å². The van der Waals surface area contributed by atoms with Gasteiger partial charge in [0.05, 0.1) is 10.6 Å². The van der Waals surface area contributed by atoms with Crippen molar-refractivity contribution in [1.82, 2.24) is 19.5 Å². The number of rotatable bonds is 4. The molecule has 0 aliphatic carbocycles. The van der Waals surface area contributed by atoms with Crippen LogP contribution in [0.1, 0.15) is 16.1 Å². The van der Waals surface area contributed by atoms with Crippen LogP contribution < -0.4 is 11.4 Å². The highest BCUT2D eigenvalue weighted by Crippen LogP contribution is 2.31. The molecular formula is C19H14N6O5. The Kier molecular flexibility index (Phi) is 4.27. The second kappa shape index (κ2) is 6.81. The summed E-state index contributed by atoms with van der Waals surface area (Å²) in [5, 5.41) is 20.8. The van der Waals surface area contributed by atoms with E-state index in [0.717, 1.165) is 17.7 Å². The van der Waals surface area contributed by atoms with Gasteiger partial charge in [0, 0.05) is 11.6 Å². The van der Waals surface area contributed by atoms with Crippen LogP contribution >= 0.6 is 0 Å². The summed E-state index contributed by atoms with van der Waals surface area (Å²) in [6.07, 6.45) is 0. The maximum absolute atomic E-state index is 12.6. The van der Waals surface area contributed by atoms with E-state index in [1.54, 1.807) is 24.3 Å². The standard InChI is InChI=1S/C19H14N6O5/c1-9-2-5-11(6-3-9)24-18-15(22-19(24)28)14(16(20)27)21-17(23-18)10-4-7-13(26)12(8-10)25(29)30/h2-8,26H,1H3,(H2,20,27)(H,22,28). The number of nitrogens with two attached hydrogens (primary N) is 1. The number of phenols is 1. The fourth-order valence-electron chi connectivity index (χ4n) is 3.03. The third-order valence-corrected chi connectivity index (χ3v) is 4.49. The number of hydrogen-bond donors (Lipinski definition) is 3. The van der Waals surface area contributed by atoms with Crippen molar-refractivity contribution in [2.24, 2.45) is 5.73 Å². The molecule has 11 nitrogen and oxygen atoms in total. The Bertz CT molecular complexity index is 1390. The minimum absolute atomic E-state index is 0.0464. The molecule has 2 aromatic heterocycles. The van der Waals surface area contributed by atoms with Crippen molar-refractivity contribution in [2.45, 2.75) is 6.92 Å². The number of aryl methyl sites for hydroxylation is 1. The molecule has 30 heavy (non-hydrogen) atoms. The van der Waals surface area contributed by atoms with E-state index in [4.69, 9.17) is 5.73 Å². The first-order chi connectivity index (χ1) is 14.3. The van der Waals surface area contributed by atoms with Gasteiger partial charge >= 0.3 is 11.4 Å². The number of nitrogens with one attached hydrogen (secondary N) is 1. The number of H-pyrrole nitrogens is 1. The van der Waals surface area contributed by atoms with Gasteiger partial charge in [-0.15, -0.1) is 0 Å². The fraction of sp³-hybridized carbons (Fsp3) is 0.0526. The maximum atomic E-state index is 12.6. The molecule has 11 heteroatoms. The first-order valence-corrected chi connectivity index (χ1v) is 8.63. The van der Waals surface area contributed by atoms with Gasteiger partial charge in [0.25, 0.3) is 5.91 Å². The molecule has 4 N–H and O–H groups in total. The van der Waals surface area contributed by atoms with Crippen molar-refractivity contribution in [2.75, 3.05) is 0 Å². The summed E-state index contributed by atoms with van der Waals surface area (Å²) < 4.78 is 1.25. The quantitative estimate of drug-likeness (QED) is 0.342. The van der Waals surface area contributed by atoms with Crippen LogP contribution in [0.5, 0.6) is 5.75 Å². The molecular weight excluding hydrogens is 392 g/mol. The van der Waals surface area contributed by atoms with Gasteiger partial charge in [0.15, 0.2) is 22.9 Å². The minimum atomic E-state index is -0.908. The van der Waals surface area contributed by atoms with Crippen LogP contribution in [-0.4, -0.2) is 35.5 Å². The molecule has 0 fully saturated rings. The Balaban J connectivity index is 2.03. The number of hydrogen-bond acceptors (Lipinski definition) is 7. The molecule has 150 valence electrons. The molecule has 2 heterocycles. The van der Waals surface area contributed by atoms with Gasteiger partial charge in [-0.05, 0) is 31.2 Å². The van der Waals surface area contributed by atoms with Gasteiger partial charge in [0.2, 0.25) is 0 Å². The summed E-state index contributed by atoms with van der Waals surface area (Å²) in [6, 6.07) is 10.6. The topological polar surface area (TPSA) is 170 Å². The summed E-state index contributed by atoms with van der Waals surface area (Å²) in [7, 11) is 0. The zero-order valence-corrected chi connectivity index (χ0v) is 15.5. The van der Waals surface area contributed by atoms with Crippen LogP contribution in [0.4, 0.5) is 5.69 Å². The lowest BCUT2D eigenvalue weighted by Gasteiger charge is -2.07. The number of nitrogens with zero attached hydrogens (tertiary/aromatic N) is 4. The number of carbonyl (C=O) groups excluding carboxylic acids is 1. The largest absolute Gasteiger partial charge is 0.502 e. The zero-order valence-electron chi connectivity index (χ0n) is 15.5. The van der Waals surface area contributed by atoms with Gasteiger partial charge in [-0.25, -0.2) is 19.3 Å². The highest BCUT2D eigenvalue weighted by Gasteiger charge is 2.22. The maximum Gasteiger partial charge on any atom is 0.332 e. The van der Waals surface area contributed by atoms with Crippen LogP contribution in [0.25, 0.3) is 28.2 Å². The van der Waals surface area contributed by atoms with E-state index >= 15 is 0 Å². The fourth-order valence-corrected chi connectivity index (χ4v) is 3.03. The molecule has 2 aromatic carbocycles. The van der Waals surface area contributed by atoms with Gasteiger partial charge in [-0.1, -0.05) is 17.7 Å². The molecule has 0 aliphatic heterocycles. The lowest BCUT2D eigenvalue weighted by molar-refractivity contribution is -0.385. The van der Waals surface area contributed by atoms with Crippen LogP contribution in [-0.2, 0) is 0 Å². The summed E-state index contributed by atoms with van der Waals surface area (Å²) in [5.74, 6) is -1.51. The van der Waals surface area contributed by atoms with Crippen LogP contribution in [0.15, 0.2) is 47.3 Å². The predicted molar refractivity (Wildman–Crippen MR) is 106 cm³/mol. The Morgan fingerprint density at radius 2 is 1.90 bits per heavy atom. The normalized spacial score (nSPS) is 11.0. The van der Waals surface area contributed by atoms with Crippen LogP contribution in [0.3, 0.4) is 0 Å². The highest BCUT2D eigenvalue weighted by molar-refractivity contribution is 6.02. The van der Waals surface area contributed by atoms with Gasteiger partial charge < -0.3 is 15.8 Å². The summed E-state index contributed by atoms with van der Waals surface area (Å²) in [5.41, 5.74) is 5.85. The summed E-state index contributed by atoms with van der Waals surface area (Å²) >= 11 is 0. The molecule has 4 aromatic rings. The lowest BCUT2D eigenvalue weighted by atomic mass is 10.1. The molecule has 1 amide bonds. The molecule has 0 radical (unpaired) electrons. The average Bonchev–Trinajstić information content (AvgIpc) is 3.03. The number of imidazole rings is 1. The zero-order chi connectivity index (χ0) is 21.6. The molecule has 0 unspecified atom stereocenters. The molecule has 0 spiro atoms. The van der Waals surface area contributed by atoms with Crippen molar-refractivity contribution in [3.8, 4) is 22.8 Å². The number of amides is 1. The molecule has 0 aliphatic rings. The van der Waals surface area contributed by atoms with Crippen molar-refractivity contribution >= 4 is 22.8 Å². The van der Waals surface area contributed by atoms with Gasteiger partial charge in [0.1, 0.15) is 5.52 Å². The van der Waals surface area contributed by atoms with Crippen LogP contribution in [0.2, 0.25) is 0 Å². The summed E-state index contributed by atoms with van der Waals surface area (Å²) in [6.45, 7) is 1.89. The Morgan fingerprint density at radius 3 is 2.53 bits per heavy atom. The van der Waals surface area contributed by atoms with Gasteiger partial charge in [-0.2, -0.15) is 0 Å². The number of carbonyl (C=O) groups is 1. The third kappa shape index (κ3) is 3.03. The van der Waals surface area contributed by atoms with E-state index in [1.807, 2.05) is 6.92 Å². The highest BCUT2D eigenvalue weighted by atomic mass is 16.6. The van der Waals surface area contributed by atoms with E-state index in [0.29, 0.717) is 5.69 Å². The second-order valence-electron chi connectivity index (χ2n) is 6.52. The predicted octanol–water partition coefficient (Wildman–Crippen LogP) is 1.80. The number of nitro benzene ring substituents is 1. The SMILES string of the molecule is Cc1ccc(-n2c(=O)[nH]c3c(C(N)=O)nc(-c4ccc(O)c([N+](=O)[O-])c4)nc32)cc1. The smallest absolute Gasteiger partial charge is 0.332 e. The molecule has 0 saturated carbocycles. The first kappa shape index (κ1) is 18.8. The molecule has 0 bridgehead atoms. The number of aromatic amines is 1. The van der Waals surface area contributed by atoms with E-state index in [9.17, 15) is 24.8 Å². The molecule has 0 saturated heterocycles. The summed E-state index contributed by atoms with van der Waals surface area (Å²) in [4.78, 5) is 45.9. The van der Waals surface area contributed by atoms with Crippen molar-refractivity contribution in [3.63, 3.8) is 0 Å². The van der Waals surface area contributed by atoms with E-state index < -0.39 is 28.0 Å². The number of fused-ring (bicyclic) bond motifs is 1. The third-order valence-electron chi connectivity index (χ3n) is 4.49. The number of aromatic hydroxyl groups is 1. The average molecular weight is 406 g/mol. The Morgan fingerprint density at radius 1 is 1.20 bits per heavy atom. The minimum Gasteiger partial charge on any atom is -0.502 e. The van der Waals surface area contributed by atoms with Crippen molar-refractivity contribution in [3.05, 3.63) is 74.3 Å². The van der Waals surface area contributed by atoms with Gasteiger partial charge in [-0.3, -0.25) is 14.9 Å². The molecule has 4 rings (SSSR count). The second-order valence-corrected chi connectivity index (χ2v) is 6.52. The number of phenolic OH excluding ortho intramolecular Hbond substituents is 1. The number of aromatic nitrogens is 4. The Labute approximate surface area is 167 Å². The van der Waals surface area contributed by atoms with E-state index in [-0.39, 0.29) is 28.2 Å². The monoisotopic (exact) mass is 406 g/mol. The first-order valence-electron chi connectivity index (χ1n) is 8.63. The van der Waals surface area contributed by atoms with E-state index in [2.05, 4.69) is 15.0 Å². The molecule has 0 atom stereocenters. The lowest BCUT2D eigenvalue weighted by Crippen LogP contribution is -2.15. The Hall–Kier alpha value is -4.54. The number of nitro groups is 1. The number of primary amides is 1. The van der Waals surface area contributed by atoms with E-state index in [1.165, 1.54) is 10.6 Å². The van der Waals surface area contributed by atoms with Crippen molar-refractivity contribution in [1.29, 1.82) is 0 Å². The van der Waals surface area contributed by atoms with Crippen molar-refractivity contribution < 1.29 is 14.8 Å². The number of benzene rings is 2.